The van der Waals surface area contributed by atoms with Crippen molar-refractivity contribution < 1.29 is 13.0 Å². The van der Waals surface area contributed by atoms with Gasteiger partial charge in [0, 0.05) is 32.7 Å². The van der Waals surface area contributed by atoms with Crippen LogP contribution in [0.1, 0.15) is 12.8 Å². The van der Waals surface area contributed by atoms with E-state index in [0.717, 1.165) is 65.2 Å². The third kappa shape index (κ3) is 10.5. The van der Waals surface area contributed by atoms with Gasteiger partial charge in [0.1, 0.15) is 0 Å². The zero-order valence-corrected chi connectivity index (χ0v) is 14.8. The summed E-state index contributed by atoms with van der Waals surface area (Å²) in [5, 5.41) is 3.40. The summed E-state index contributed by atoms with van der Waals surface area (Å²) < 4.78 is 30.7. The van der Waals surface area contributed by atoms with Crippen LogP contribution in [0.2, 0.25) is 0 Å². The van der Waals surface area contributed by atoms with E-state index in [1.807, 2.05) is 0 Å². The second kappa shape index (κ2) is 10.5. The minimum Gasteiger partial charge on any atom is -0.315 e. The molecule has 0 amide bonds. The van der Waals surface area contributed by atoms with E-state index in [1.54, 1.807) is 0 Å². The van der Waals surface area contributed by atoms with E-state index >= 15 is 0 Å². The van der Waals surface area contributed by atoms with Crippen molar-refractivity contribution in [2.24, 2.45) is 0 Å². The highest BCUT2D eigenvalue weighted by molar-refractivity contribution is 7.85. The van der Waals surface area contributed by atoms with Crippen LogP contribution in [-0.4, -0.2) is 106 Å². The van der Waals surface area contributed by atoms with E-state index in [-0.39, 0.29) is 5.75 Å². The number of nitrogens with zero attached hydrogens (tertiary/aromatic N) is 3. The summed E-state index contributed by atoms with van der Waals surface area (Å²) in [4.78, 5) is 6.80. The Morgan fingerprint density at radius 1 is 0.909 bits per heavy atom. The minimum atomic E-state index is -3.88. The maximum absolute atomic E-state index is 10.9. The second-order valence-corrected chi connectivity index (χ2v) is 7.76. The minimum absolute atomic E-state index is 0.187. The molecule has 0 bridgehead atoms. The van der Waals surface area contributed by atoms with Crippen molar-refractivity contribution in [2.75, 3.05) is 78.8 Å². The fraction of sp³-hybridized carbons (Fsp3) is 1.00. The highest BCUT2D eigenvalue weighted by Gasteiger charge is 2.11. The van der Waals surface area contributed by atoms with Gasteiger partial charge in [0.25, 0.3) is 10.1 Å². The van der Waals surface area contributed by atoms with E-state index in [4.69, 9.17) is 4.55 Å². The molecule has 1 fully saturated rings. The maximum atomic E-state index is 10.9. The van der Waals surface area contributed by atoms with Gasteiger partial charge >= 0.3 is 0 Å². The van der Waals surface area contributed by atoms with Gasteiger partial charge in [-0.25, -0.2) is 0 Å². The SMILES string of the molecule is CN1CCCNCCN(CCS(=O)(=O)O)CCCN(C)CC1. The first-order valence-electron chi connectivity index (χ1n) is 8.12. The summed E-state index contributed by atoms with van der Waals surface area (Å²) in [6.45, 7) is 8.12. The molecule has 1 saturated heterocycles. The van der Waals surface area contributed by atoms with Crippen molar-refractivity contribution in [3.8, 4) is 0 Å². The van der Waals surface area contributed by atoms with Crippen molar-refractivity contribution in [1.82, 2.24) is 20.0 Å². The van der Waals surface area contributed by atoms with Crippen LogP contribution in [0.3, 0.4) is 0 Å². The lowest BCUT2D eigenvalue weighted by Crippen LogP contribution is -2.39. The molecule has 0 atom stereocenters. The predicted octanol–water partition coefficient (Wildman–Crippen LogP) is -0.577. The summed E-state index contributed by atoms with van der Waals surface area (Å²) in [5.74, 6) is -0.187. The van der Waals surface area contributed by atoms with Crippen LogP contribution in [0.5, 0.6) is 0 Å². The highest BCUT2D eigenvalue weighted by atomic mass is 32.2. The van der Waals surface area contributed by atoms with Crippen LogP contribution in [0.4, 0.5) is 0 Å². The van der Waals surface area contributed by atoms with Gasteiger partial charge in [-0.05, 0) is 53.1 Å². The molecule has 0 unspecified atom stereocenters. The van der Waals surface area contributed by atoms with Crippen molar-refractivity contribution in [2.45, 2.75) is 12.8 Å². The average molecular weight is 337 g/mol. The van der Waals surface area contributed by atoms with E-state index < -0.39 is 10.1 Å². The number of nitrogens with one attached hydrogen (secondary N) is 1. The molecule has 132 valence electrons. The van der Waals surface area contributed by atoms with Gasteiger partial charge in [-0.2, -0.15) is 8.42 Å². The Bertz CT molecular complexity index is 392. The van der Waals surface area contributed by atoms with Gasteiger partial charge in [-0.1, -0.05) is 0 Å². The fourth-order valence-corrected chi connectivity index (χ4v) is 3.03. The molecule has 0 aromatic carbocycles. The van der Waals surface area contributed by atoms with E-state index in [9.17, 15) is 8.42 Å². The first kappa shape index (κ1) is 19.8. The number of rotatable bonds is 3. The molecule has 22 heavy (non-hydrogen) atoms. The van der Waals surface area contributed by atoms with Crippen molar-refractivity contribution in [3.63, 3.8) is 0 Å². The molecule has 0 aromatic heterocycles. The molecule has 0 aliphatic carbocycles. The predicted molar refractivity (Wildman–Crippen MR) is 90.0 cm³/mol. The normalized spacial score (nSPS) is 23.2. The molecule has 0 aromatic rings. The van der Waals surface area contributed by atoms with Crippen molar-refractivity contribution in [3.05, 3.63) is 0 Å². The van der Waals surface area contributed by atoms with Gasteiger partial charge in [0.2, 0.25) is 0 Å². The molecule has 1 aliphatic heterocycles. The summed E-state index contributed by atoms with van der Waals surface area (Å²) in [6.07, 6.45) is 2.12. The number of hydrogen-bond acceptors (Lipinski definition) is 6. The maximum Gasteiger partial charge on any atom is 0.266 e. The van der Waals surface area contributed by atoms with Gasteiger partial charge in [0.15, 0.2) is 0 Å². The quantitative estimate of drug-likeness (QED) is 0.668. The smallest absolute Gasteiger partial charge is 0.266 e. The first-order chi connectivity index (χ1) is 10.4. The summed E-state index contributed by atoms with van der Waals surface area (Å²) in [5.41, 5.74) is 0. The zero-order chi connectivity index (χ0) is 16.4. The van der Waals surface area contributed by atoms with Crippen LogP contribution >= 0.6 is 0 Å². The lowest BCUT2D eigenvalue weighted by Gasteiger charge is -2.26. The molecule has 0 saturated carbocycles. The monoisotopic (exact) mass is 336 g/mol. The molecule has 1 heterocycles. The van der Waals surface area contributed by atoms with Gasteiger partial charge in [-0.3, -0.25) is 4.55 Å². The summed E-state index contributed by atoms with van der Waals surface area (Å²) in [7, 11) is 0.413. The van der Waals surface area contributed by atoms with Crippen molar-refractivity contribution >= 4 is 10.1 Å². The molecule has 1 aliphatic rings. The van der Waals surface area contributed by atoms with Crippen LogP contribution < -0.4 is 5.32 Å². The first-order valence-corrected chi connectivity index (χ1v) is 9.73. The van der Waals surface area contributed by atoms with Gasteiger partial charge in [0.05, 0.1) is 5.75 Å². The van der Waals surface area contributed by atoms with E-state index in [0.29, 0.717) is 6.54 Å². The molecule has 1 rings (SSSR count). The highest BCUT2D eigenvalue weighted by Crippen LogP contribution is 1.97. The topological polar surface area (TPSA) is 76.1 Å². The lowest BCUT2D eigenvalue weighted by atomic mass is 10.3. The Balaban J connectivity index is 2.44. The molecule has 8 heteroatoms. The molecule has 0 spiro atoms. The summed E-state index contributed by atoms with van der Waals surface area (Å²) >= 11 is 0. The van der Waals surface area contributed by atoms with Crippen molar-refractivity contribution in [1.29, 1.82) is 0 Å². The molecule has 7 nitrogen and oxygen atoms in total. The van der Waals surface area contributed by atoms with Gasteiger partial charge < -0.3 is 20.0 Å². The lowest BCUT2D eigenvalue weighted by molar-refractivity contribution is 0.224. The third-order valence-electron chi connectivity index (χ3n) is 4.04. The second-order valence-electron chi connectivity index (χ2n) is 6.19. The molecular formula is C14H32N4O3S. The Kier molecular flexibility index (Phi) is 9.46. The largest absolute Gasteiger partial charge is 0.315 e. The molecule has 2 N–H and O–H groups in total. The Morgan fingerprint density at radius 2 is 1.55 bits per heavy atom. The zero-order valence-electron chi connectivity index (χ0n) is 14.0. The Labute approximate surface area is 135 Å². The third-order valence-corrected chi connectivity index (χ3v) is 4.74. The van der Waals surface area contributed by atoms with Crippen LogP contribution in [0, 0.1) is 0 Å². The standard InChI is InChI=1S/C14H32N4O3S/c1-16-7-3-5-15-6-10-18(13-14-22(19,20)21)9-4-8-17(2)12-11-16/h15H,3-14H2,1-2H3,(H,19,20,21). The summed E-state index contributed by atoms with van der Waals surface area (Å²) in [6, 6.07) is 0. The fourth-order valence-electron chi connectivity index (χ4n) is 2.55. The van der Waals surface area contributed by atoms with Gasteiger partial charge in [-0.15, -0.1) is 0 Å². The average Bonchev–Trinajstić information content (AvgIpc) is 2.43. The van der Waals surface area contributed by atoms with Crippen LogP contribution in [-0.2, 0) is 10.1 Å². The Hall–Kier alpha value is -0.250. The van der Waals surface area contributed by atoms with Crippen LogP contribution in [0.25, 0.3) is 0 Å². The number of hydrogen-bond donors (Lipinski definition) is 2. The van der Waals surface area contributed by atoms with E-state index in [2.05, 4.69) is 34.1 Å². The van der Waals surface area contributed by atoms with E-state index in [1.165, 1.54) is 0 Å². The molecule has 0 radical (unpaired) electrons. The van der Waals surface area contributed by atoms with Crippen LogP contribution in [0.15, 0.2) is 0 Å². The molecular weight excluding hydrogens is 304 g/mol. The Morgan fingerprint density at radius 3 is 2.18 bits per heavy atom. The number of likely N-dealkylation sites (N-methyl/N-ethyl adjacent to an activating group) is 2.